The first-order valence-electron chi connectivity index (χ1n) is 7.79. The van der Waals surface area contributed by atoms with Crippen molar-refractivity contribution in [2.24, 2.45) is 0 Å². The van der Waals surface area contributed by atoms with Crippen molar-refractivity contribution >= 4 is 5.91 Å². The normalized spacial score (nSPS) is 19.8. The van der Waals surface area contributed by atoms with E-state index in [-0.39, 0.29) is 18.1 Å². The number of hydrazine groups is 1. The van der Waals surface area contributed by atoms with Gasteiger partial charge in [-0.05, 0) is 17.7 Å². The lowest BCUT2D eigenvalue weighted by atomic mass is 10.0. The van der Waals surface area contributed by atoms with Gasteiger partial charge in [0.1, 0.15) is 11.5 Å². The van der Waals surface area contributed by atoms with Crippen molar-refractivity contribution in [1.29, 1.82) is 0 Å². The highest BCUT2D eigenvalue weighted by atomic mass is 16.5. The molecule has 0 radical (unpaired) electrons. The molecular weight excluding hydrogens is 306 g/mol. The molecule has 1 saturated heterocycles. The predicted octanol–water partition coefficient (Wildman–Crippen LogP) is 2.00. The third-order valence-corrected chi connectivity index (χ3v) is 4.02. The molecule has 0 spiro atoms. The van der Waals surface area contributed by atoms with Crippen molar-refractivity contribution in [1.82, 2.24) is 16.2 Å². The van der Waals surface area contributed by atoms with E-state index in [1.807, 2.05) is 18.2 Å². The number of amides is 1. The van der Waals surface area contributed by atoms with Crippen molar-refractivity contribution < 1.29 is 14.3 Å². The summed E-state index contributed by atoms with van der Waals surface area (Å²) in [6.45, 7) is 0. The van der Waals surface area contributed by atoms with Crippen LogP contribution in [0.3, 0.4) is 0 Å². The maximum atomic E-state index is 12.5. The van der Waals surface area contributed by atoms with Crippen LogP contribution in [0, 0.1) is 0 Å². The number of methoxy groups -OCH3 is 2. The molecule has 1 fully saturated rings. The van der Waals surface area contributed by atoms with Gasteiger partial charge >= 0.3 is 0 Å². The van der Waals surface area contributed by atoms with Crippen molar-refractivity contribution in [3.63, 3.8) is 0 Å². The predicted molar refractivity (Wildman–Crippen MR) is 90.9 cm³/mol. The fourth-order valence-corrected chi connectivity index (χ4v) is 2.73. The molecule has 2 unspecified atom stereocenters. The summed E-state index contributed by atoms with van der Waals surface area (Å²) in [5, 5.41) is 2.97. The van der Waals surface area contributed by atoms with Crippen LogP contribution in [-0.4, -0.2) is 26.3 Å². The first-order chi connectivity index (χ1) is 11.7. The van der Waals surface area contributed by atoms with Crippen LogP contribution in [0.15, 0.2) is 48.5 Å². The summed E-state index contributed by atoms with van der Waals surface area (Å²) in [7, 11) is 3.12. The average Bonchev–Trinajstić information content (AvgIpc) is 3.10. The van der Waals surface area contributed by atoms with Gasteiger partial charge in [0.25, 0.3) is 5.91 Å². The quantitative estimate of drug-likeness (QED) is 0.783. The van der Waals surface area contributed by atoms with Crippen LogP contribution in [0.2, 0.25) is 0 Å². The van der Waals surface area contributed by atoms with Gasteiger partial charge in [0.15, 0.2) is 0 Å². The van der Waals surface area contributed by atoms with Crippen molar-refractivity contribution in [2.45, 2.75) is 18.6 Å². The van der Waals surface area contributed by atoms with Gasteiger partial charge in [-0.3, -0.25) is 4.79 Å². The Bertz CT molecular complexity index is 684. The molecule has 0 bridgehead atoms. The van der Waals surface area contributed by atoms with Gasteiger partial charge in [-0.15, -0.1) is 0 Å². The van der Waals surface area contributed by atoms with Crippen molar-refractivity contribution in [3.05, 3.63) is 59.7 Å². The molecule has 2 atom stereocenters. The number of rotatable bonds is 5. The Hall–Kier alpha value is -2.57. The fraction of sp³-hybridized carbons (Fsp3) is 0.278. The lowest BCUT2D eigenvalue weighted by Gasteiger charge is -2.13. The van der Waals surface area contributed by atoms with Crippen LogP contribution in [0.1, 0.15) is 28.4 Å². The number of carbonyl (C=O) groups is 1. The fourth-order valence-electron chi connectivity index (χ4n) is 2.73. The Morgan fingerprint density at radius 1 is 1.04 bits per heavy atom. The minimum absolute atomic E-state index is 0.153. The topological polar surface area (TPSA) is 71.6 Å². The molecule has 2 aromatic carbocycles. The van der Waals surface area contributed by atoms with Gasteiger partial charge in [-0.1, -0.05) is 30.3 Å². The number of ether oxygens (including phenoxy) is 2. The number of benzene rings is 2. The van der Waals surface area contributed by atoms with Crippen LogP contribution in [0.25, 0.3) is 0 Å². The maximum Gasteiger partial charge on any atom is 0.252 e. The first-order valence-corrected chi connectivity index (χ1v) is 7.79. The highest BCUT2D eigenvalue weighted by Crippen LogP contribution is 2.24. The van der Waals surface area contributed by atoms with E-state index in [1.54, 1.807) is 32.4 Å². The Labute approximate surface area is 141 Å². The van der Waals surface area contributed by atoms with E-state index in [1.165, 1.54) is 5.56 Å². The molecule has 0 aliphatic carbocycles. The third-order valence-electron chi connectivity index (χ3n) is 4.02. The van der Waals surface area contributed by atoms with Gasteiger partial charge in [0.2, 0.25) is 0 Å². The third kappa shape index (κ3) is 3.67. The molecule has 6 nitrogen and oxygen atoms in total. The summed E-state index contributed by atoms with van der Waals surface area (Å²) in [4.78, 5) is 12.5. The molecule has 126 valence electrons. The summed E-state index contributed by atoms with van der Waals surface area (Å²) in [5.74, 6) is 0.985. The Morgan fingerprint density at radius 3 is 2.33 bits per heavy atom. The first kappa shape index (κ1) is 16.3. The van der Waals surface area contributed by atoms with Crippen LogP contribution in [0.4, 0.5) is 0 Å². The Kier molecular flexibility index (Phi) is 4.98. The molecule has 3 rings (SSSR count). The Morgan fingerprint density at radius 2 is 1.71 bits per heavy atom. The zero-order valence-corrected chi connectivity index (χ0v) is 13.7. The second-order valence-corrected chi connectivity index (χ2v) is 5.62. The number of hydrogen-bond donors (Lipinski definition) is 3. The van der Waals surface area contributed by atoms with E-state index >= 15 is 0 Å². The van der Waals surface area contributed by atoms with E-state index in [0.717, 1.165) is 6.42 Å². The zero-order valence-electron chi connectivity index (χ0n) is 13.7. The SMILES string of the molecule is COc1cc(OC)cc(C(=O)NC2CC(c3ccccc3)NN2)c1. The monoisotopic (exact) mass is 327 g/mol. The van der Waals surface area contributed by atoms with Crippen molar-refractivity contribution in [2.75, 3.05) is 14.2 Å². The highest BCUT2D eigenvalue weighted by molar-refractivity contribution is 5.95. The minimum Gasteiger partial charge on any atom is -0.497 e. The molecule has 1 aliphatic rings. The van der Waals surface area contributed by atoms with E-state index in [2.05, 4.69) is 28.3 Å². The number of carbonyl (C=O) groups excluding carboxylic acids is 1. The molecule has 1 amide bonds. The molecule has 24 heavy (non-hydrogen) atoms. The second-order valence-electron chi connectivity index (χ2n) is 5.62. The molecule has 2 aromatic rings. The molecule has 0 saturated carbocycles. The Balaban J connectivity index is 1.65. The van der Waals surface area contributed by atoms with Crippen molar-refractivity contribution in [3.8, 4) is 11.5 Å². The van der Waals surface area contributed by atoms with E-state index < -0.39 is 0 Å². The highest BCUT2D eigenvalue weighted by Gasteiger charge is 2.26. The summed E-state index contributed by atoms with van der Waals surface area (Å²) in [6, 6.07) is 15.4. The van der Waals surface area contributed by atoms with Gasteiger partial charge in [0.05, 0.1) is 20.4 Å². The number of nitrogens with one attached hydrogen (secondary N) is 3. The number of hydrogen-bond acceptors (Lipinski definition) is 5. The lowest BCUT2D eigenvalue weighted by molar-refractivity contribution is 0.0931. The standard InChI is InChI=1S/C18H21N3O3/c1-23-14-8-13(9-15(10-14)24-2)18(22)19-17-11-16(20-21-17)12-6-4-3-5-7-12/h3-10,16-17,20-21H,11H2,1-2H3,(H,19,22). The molecule has 6 heteroatoms. The average molecular weight is 327 g/mol. The van der Waals surface area contributed by atoms with Gasteiger partial charge in [-0.2, -0.15) is 0 Å². The zero-order chi connectivity index (χ0) is 16.9. The second kappa shape index (κ2) is 7.33. The van der Waals surface area contributed by atoms with E-state index in [0.29, 0.717) is 17.1 Å². The molecule has 0 aromatic heterocycles. The van der Waals surface area contributed by atoms with E-state index in [4.69, 9.17) is 9.47 Å². The van der Waals surface area contributed by atoms with Gasteiger partial charge in [0, 0.05) is 24.1 Å². The van der Waals surface area contributed by atoms with Crippen LogP contribution < -0.4 is 25.6 Å². The summed E-state index contributed by atoms with van der Waals surface area (Å²) in [6.07, 6.45) is 0.608. The largest absolute Gasteiger partial charge is 0.497 e. The maximum absolute atomic E-state index is 12.5. The minimum atomic E-state index is -0.180. The van der Waals surface area contributed by atoms with Crippen LogP contribution >= 0.6 is 0 Å². The van der Waals surface area contributed by atoms with Crippen LogP contribution in [0.5, 0.6) is 11.5 Å². The van der Waals surface area contributed by atoms with E-state index in [9.17, 15) is 4.79 Å². The van der Waals surface area contributed by atoms with Crippen LogP contribution in [-0.2, 0) is 0 Å². The van der Waals surface area contributed by atoms with Gasteiger partial charge < -0.3 is 14.8 Å². The summed E-state index contributed by atoms with van der Waals surface area (Å²) in [5.41, 5.74) is 8.01. The molecule has 1 aliphatic heterocycles. The molecule has 3 N–H and O–H groups in total. The summed E-state index contributed by atoms with van der Waals surface area (Å²) < 4.78 is 10.4. The smallest absolute Gasteiger partial charge is 0.252 e. The van der Waals surface area contributed by atoms with Gasteiger partial charge in [-0.25, -0.2) is 10.9 Å². The summed E-state index contributed by atoms with van der Waals surface area (Å²) >= 11 is 0. The molecular formula is C18H21N3O3. The molecule has 1 heterocycles. The lowest BCUT2D eigenvalue weighted by Crippen LogP contribution is -2.44.